The van der Waals surface area contributed by atoms with E-state index in [1.807, 2.05) is 6.92 Å². The molecule has 6 nitrogen and oxygen atoms in total. The van der Waals surface area contributed by atoms with Crippen molar-refractivity contribution in [2.75, 3.05) is 11.9 Å². The molecule has 0 aliphatic heterocycles. The molecular formula is C20H17Cl2LiN2O4S. The van der Waals surface area contributed by atoms with Crippen LogP contribution in [0, 0.1) is 6.92 Å². The number of ether oxygens (including phenoxy) is 1. The molecule has 1 amide bonds. The Hall–Kier alpha value is -2.01. The summed E-state index contributed by atoms with van der Waals surface area (Å²) in [5, 5.41) is 12.7. The van der Waals surface area contributed by atoms with Gasteiger partial charge in [-0.1, -0.05) is 23.2 Å². The first-order valence-corrected chi connectivity index (χ1v) is 10.1. The van der Waals surface area contributed by atoms with Crippen LogP contribution in [0.15, 0.2) is 41.9 Å². The van der Waals surface area contributed by atoms with E-state index in [4.69, 9.17) is 27.9 Å². The number of carbonyl (C=O) groups excluding carboxylic acids is 1. The summed E-state index contributed by atoms with van der Waals surface area (Å²) in [6, 6.07) is 8.91. The zero-order valence-corrected chi connectivity index (χ0v) is 17.6. The van der Waals surface area contributed by atoms with Gasteiger partial charge in [-0.3, -0.25) is 4.79 Å². The first-order chi connectivity index (χ1) is 13.8. The molecule has 2 N–H and O–H groups in total. The van der Waals surface area contributed by atoms with Crippen LogP contribution >= 0.6 is 34.5 Å². The molecule has 1 aromatic heterocycles. The summed E-state index contributed by atoms with van der Waals surface area (Å²) in [6.07, 6.45) is 0.673. The van der Waals surface area contributed by atoms with Crippen molar-refractivity contribution in [1.29, 1.82) is 0 Å². The number of nitrogens with zero attached hydrogens (tertiary/aromatic N) is 1. The predicted molar refractivity (Wildman–Crippen MR) is 121 cm³/mol. The van der Waals surface area contributed by atoms with Crippen LogP contribution in [0.3, 0.4) is 0 Å². The number of nitrogens with one attached hydrogen (secondary N) is 1. The molecule has 3 aromatic rings. The second-order valence-electron chi connectivity index (χ2n) is 6.05. The molecule has 0 saturated carbocycles. The molecule has 0 saturated heterocycles. The van der Waals surface area contributed by atoms with E-state index in [9.17, 15) is 14.7 Å². The van der Waals surface area contributed by atoms with E-state index < -0.39 is 11.9 Å². The molecular weight excluding hydrogens is 442 g/mol. The van der Waals surface area contributed by atoms with E-state index in [1.165, 1.54) is 30.3 Å². The fourth-order valence-corrected chi connectivity index (χ4v) is 3.85. The average molecular weight is 459 g/mol. The predicted octanol–water partition coefficient (Wildman–Crippen LogP) is 4.68. The van der Waals surface area contributed by atoms with Crippen LogP contribution in [0.2, 0.25) is 10.0 Å². The Morgan fingerprint density at radius 1 is 1.17 bits per heavy atom. The second kappa shape index (κ2) is 10.8. The van der Waals surface area contributed by atoms with Crippen molar-refractivity contribution in [3.8, 4) is 5.75 Å². The third-order valence-electron chi connectivity index (χ3n) is 4.09. The van der Waals surface area contributed by atoms with Crippen molar-refractivity contribution in [1.82, 2.24) is 4.98 Å². The molecule has 3 rings (SSSR count). The number of aryl methyl sites for hydroxylation is 1. The van der Waals surface area contributed by atoms with Crippen LogP contribution in [-0.4, -0.2) is 47.4 Å². The summed E-state index contributed by atoms with van der Waals surface area (Å²) >= 11 is 13.4. The summed E-state index contributed by atoms with van der Waals surface area (Å²) in [6.45, 7) is 2.31. The first-order valence-electron chi connectivity index (χ1n) is 8.50. The number of aromatic carboxylic acids is 1. The monoisotopic (exact) mass is 458 g/mol. The summed E-state index contributed by atoms with van der Waals surface area (Å²) in [5.74, 6) is -1.33. The van der Waals surface area contributed by atoms with E-state index in [0.717, 1.165) is 10.6 Å². The normalized spacial score (nSPS) is 10.2. The van der Waals surface area contributed by atoms with Crippen molar-refractivity contribution in [2.24, 2.45) is 0 Å². The number of hydrogen-bond donors (Lipinski definition) is 2. The fourth-order valence-electron chi connectivity index (χ4n) is 2.59. The minimum atomic E-state index is -1.19. The van der Waals surface area contributed by atoms with Crippen molar-refractivity contribution < 1.29 is 19.4 Å². The number of thiazole rings is 1. The van der Waals surface area contributed by atoms with Crippen molar-refractivity contribution in [3.63, 3.8) is 0 Å². The molecule has 152 valence electrons. The van der Waals surface area contributed by atoms with E-state index >= 15 is 0 Å². The standard InChI is InChI=1S/C20H16Cl2N2O4S.Li.H/c1-11-18(29-10-23-11)6-7-28-13-3-5-17(15(9-13)20(26)27)24-19(25)14-4-2-12(21)8-16(14)22;;/h2-5,8-10H,6-7H2,1H3,(H,24,25)(H,26,27);;. The third-order valence-corrected chi connectivity index (χ3v) is 5.63. The zero-order chi connectivity index (χ0) is 21.0. The van der Waals surface area contributed by atoms with E-state index in [1.54, 1.807) is 22.9 Å². The van der Waals surface area contributed by atoms with Gasteiger partial charge in [0, 0.05) is 16.3 Å². The SMILES string of the molecule is Cc1ncsc1CCOc1ccc(NC(=O)c2ccc(Cl)cc2Cl)c(C(=O)O)c1.[LiH]. The molecule has 0 bridgehead atoms. The topological polar surface area (TPSA) is 88.5 Å². The summed E-state index contributed by atoms with van der Waals surface area (Å²) < 4.78 is 5.67. The number of aromatic nitrogens is 1. The Labute approximate surface area is 199 Å². The van der Waals surface area contributed by atoms with Gasteiger partial charge >= 0.3 is 24.8 Å². The number of hydrogen-bond acceptors (Lipinski definition) is 5. The molecule has 0 atom stereocenters. The Balaban J connectivity index is 0.00000320. The minimum absolute atomic E-state index is 0. The number of rotatable bonds is 7. The van der Waals surface area contributed by atoms with Gasteiger partial charge in [0.05, 0.1) is 39.6 Å². The molecule has 0 fully saturated rings. The first kappa shape index (κ1) is 24.3. The molecule has 0 aliphatic rings. The van der Waals surface area contributed by atoms with Gasteiger partial charge in [0.15, 0.2) is 0 Å². The molecule has 0 aliphatic carbocycles. The summed E-state index contributed by atoms with van der Waals surface area (Å²) in [5.41, 5.74) is 2.97. The molecule has 2 aromatic carbocycles. The van der Waals surface area contributed by atoms with Gasteiger partial charge in [-0.2, -0.15) is 0 Å². The van der Waals surface area contributed by atoms with Crippen LogP contribution in [0.5, 0.6) is 5.75 Å². The van der Waals surface area contributed by atoms with E-state index in [-0.39, 0.29) is 40.7 Å². The third kappa shape index (κ3) is 6.00. The molecule has 10 heteroatoms. The Kier molecular flexibility index (Phi) is 8.77. The molecule has 30 heavy (non-hydrogen) atoms. The van der Waals surface area contributed by atoms with Crippen molar-refractivity contribution >= 4 is 71.0 Å². The number of carboxylic acids is 1. The number of carbonyl (C=O) groups is 2. The van der Waals surface area contributed by atoms with Gasteiger partial charge in [-0.05, 0) is 43.3 Å². The number of amides is 1. The summed E-state index contributed by atoms with van der Waals surface area (Å²) in [4.78, 5) is 29.4. The second-order valence-corrected chi connectivity index (χ2v) is 7.83. The van der Waals surface area contributed by atoms with Gasteiger partial charge in [-0.25, -0.2) is 9.78 Å². The van der Waals surface area contributed by atoms with Crippen LogP contribution in [0.4, 0.5) is 5.69 Å². The van der Waals surface area contributed by atoms with Crippen LogP contribution in [0.1, 0.15) is 31.3 Å². The molecule has 1 heterocycles. The average Bonchev–Trinajstić information content (AvgIpc) is 3.07. The van der Waals surface area contributed by atoms with Crippen LogP contribution in [0.25, 0.3) is 0 Å². The van der Waals surface area contributed by atoms with Gasteiger partial charge in [0.1, 0.15) is 5.75 Å². The quantitative estimate of drug-likeness (QED) is 0.501. The van der Waals surface area contributed by atoms with E-state index in [2.05, 4.69) is 10.3 Å². The zero-order valence-electron chi connectivity index (χ0n) is 15.2. The van der Waals surface area contributed by atoms with Gasteiger partial charge < -0.3 is 15.2 Å². The summed E-state index contributed by atoms with van der Waals surface area (Å²) in [7, 11) is 0. The molecule has 0 spiro atoms. The molecule has 0 unspecified atom stereocenters. The van der Waals surface area contributed by atoms with Crippen molar-refractivity contribution in [3.05, 3.63) is 73.7 Å². The maximum atomic E-state index is 12.5. The maximum absolute atomic E-state index is 12.5. The number of anilines is 1. The van der Waals surface area contributed by atoms with Gasteiger partial charge in [-0.15, -0.1) is 11.3 Å². The number of benzene rings is 2. The fraction of sp³-hybridized carbons (Fsp3) is 0.150. The van der Waals surface area contributed by atoms with Gasteiger partial charge in [0.2, 0.25) is 0 Å². The Bertz CT molecular complexity index is 1070. The Morgan fingerprint density at radius 3 is 2.57 bits per heavy atom. The van der Waals surface area contributed by atoms with Crippen LogP contribution in [-0.2, 0) is 6.42 Å². The van der Waals surface area contributed by atoms with Crippen molar-refractivity contribution in [2.45, 2.75) is 13.3 Å². The Morgan fingerprint density at radius 2 is 1.93 bits per heavy atom. The van der Waals surface area contributed by atoms with E-state index in [0.29, 0.717) is 23.8 Å². The molecule has 0 radical (unpaired) electrons. The van der Waals surface area contributed by atoms with Crippen LogP contribution < -0.4 is 10.1 Å². The van der Waals surface area contributed by atoms with Gasteiger partial charge in [0.25, 0.3) is 5.91 Å². The number of carboxylic acid groups (broad SMARTS) is 1. The number of halogens is 2.